The zero-order valence-corrected chi connectivity index (χ0v) is 15.5. The average molecular weight is 385 g/mol. The molecule has 1 fully saturated rings. The van der Waals surface area contributed by atoms with Crippen LogP contribution in [-0.4, -0.2) is 50.7 Å². The lowest BCUT2D eigenvalue weighted by atomic mass is 9.99. The summed E-state index contributed by atoms with van der Waals surface area (Å²) in [5.41, 5.74) is 0. The van der Waals surface area contributed by atoms with Gasteiger partial charge in [0.1, 0.15) is 5.82 Å². The van der Waals surface area contributed by atoms with Crippen molar-refractivity contribution in [1.82, 2.24) is 14.9 Å². The molecule has 1 aliphatic heterocycles. The molecule has 1 saturated heterocycles. The van der Waals surface area contributed by atoms with E-state index in [0.717, 1.165) is 18.6 Å². The molecule has 1 unspecified atom stereocenters. The molecule has 9 heteroatoms. The van der Waals surface area contributed by atoms with Crippen molar-refractivity contribution in [2.45, 2.75) is 31.1 Å². The van der Waals surface area contributed by atoms with Crippen LogP contribution >= 0.6 is 0 Å². The van der Waals surface area contributed by atoms with Crippen LogP contribution in [0.2, 0.25) is 0 Å². The van der Waals surface area contributed by atoms with Gasteiger partial charge in [0, 0.05) is 19.6 Å². The summed E-state index contributed by atoms with van der Waals surface area (Å²) in [5.74, 6) is -1.64. The van der Waals surface area contributed by atoms with Crippen molar-refractivity contribution >= 4 is 21.8 Å². The number of sulfonamides is 1. The quantitative estimate of drug-likeness (QED) is 0.728. The van der Waals surface area contributed by atoms with Crippen LogP contribution in [0.25, 0.3) is 0 Å². The molecule has 0 saturated carbocycles. The Morgan fingerprint density at radius 3 is 2.58 bits per heavy atom. The summed E-state index contributed by atoms with van der Waals surface area (Å²) in [4.78, 5) is 23.8. The Morgan fingerprint density at radius 1 is 1.23 bits per heavy atom. The first kappa shape index (κ1) is 20.3. The van der Waals surface area contributed by atoms with Crippen LogP contribution in [0.4, 0.5) is 4.39 Å². The summed E-state index contributed by atoms with van der Waals surface area (Å²) in [7, 11) is -3.78. The first-order valence-corrected chi connectivity index (χ1v) is 10.1. The molecular weight excluding hydrogens is 361 g/mol. The van der Waals surface area contributed by atoms with Crippen LogP contribution in [0.15, 0.2) is 29.2 Å². The van der Waals surface area contributed by atoms with E-state index in [1.807, 2.05) is 6.92 Å². The molecule has 0 aromatic heterocycles. The minimum Gasteiger partial charge on any atom is -0.355 e. The van der Waals surface area contributed by atoms with Gasteiger partial charge in [-0.05, 0) is 43.5 Å². The second-order valence-corrected chi connectivity index (χ2v) is 8.16. The van der Waals surface area contributed by atoms with Gasteiger partial charge in [-0.1, -0.05) is 6.92 Å². The number of benzene rings is 1. The number of amides is 2. The third-order valence-corrected chi connectivity index (χ3v) is 6.08. The molecule has 144 valence electrons. The second kappa shape index (κ2) is 9.09. The van der Waals surface area contributed by atoms with Crippen molar-refractivity contribution < 1.29 is 22.4 Å². The fourth-order valence-corrected chi connectivity index (χ4v) is 4.29. The van der Waals surface area contributed by atoms with Gasteiger partial charge in [-0.25, -0.2) is 12.8 Å². The highest BCUT2D eigenvalue weighted by Gasteiger charge is 2.33. The zero-order valence-electron chi connectivity index (χ0n) is 14.7. The summed E-state index contributed by atoms with van der Waals surface area (Å²) >= 11 is 0. The van der Waals surface area contributed by atoms with E-state index in [1.165, 1.54) is 16.4 Å². The summed E-state index contributed by atoms with van der Waals surface area (Å²) in [6.45, 7) is 2.70. The summed E-state index contributed by atoms with van der Waals surface area (Å²) in [6.07, 6.45) is 1.90. The van der Waals surface area contributed by atoms with Gasteiger partial charge in [0.25, 0.3) is 0 Å². The maximum atomic E-state index is 13.0. The molecule has 0 bridgehead atoms. The summed E-state index contributed by atoms with van der Waals surface area (Å²) in [6, 6.07) is 4.62. The smallest absolute Gasteiger partial charge is 0.243 e. The van der Waals surface area contributed by atoms with Gasteiger partial charge in [-0.3, -0.25) is 9.59 Å². The Labute approximate surface area is 153 Å². The van der Waals surface area contributed by atoms with Crippen molar-refractivity contribution in [1.29, 1.82) is 0 Å². The van der Waals surface area contributed by atoms with E-state index in [0.29, 0.717) is 25.9 Å². The van der Waals surface area contributed by atoms with Gasteiger partial charge in [-0.2, -0.15) is 4.31 Å². The van der Waals surface area contributed by atoms with Gasteiger partial charge < -0.3 is 10.6 Å². The molecule has 1 aromatic carbocycles. The van der Waals surface area contributed by atoms with E-state index in [-0.39, 0.29) is 29.8 Å². The molecule has 1 atom stereocenters. The van der Waals surface area contributed by atoms with Crippen molar-refractivity contribution in [3.05, 3.63) is 30.1 Å². The van der Waals surface area contributed by atoms with Crippen molar-refractivity contribution in [2.24, 2.45) is 5.92 Å². The fourth-order valence-electron chi connectivity index (χ4n) is 2.77. The molecule has 2 amide bonds. The van der Waals surface area contributed by atoms with E-state index >= 15 is 0 Å². The van der Waals surface area contributed by atoms with E-state index in [2.05, 4.69) is 10.6 Å². The highest BCUT2D eigenvalue weighted by Crippen LogP contribution is 2.24. The number of carbonyl (C=O) groups excluding carboxylic acids is 2. The van der Waals surface area contributed by atoms with Crippen molar-refractivity contribution in [3.63, 3.8) is 0 Å². The first-order chi connectivity index (χ1) is 12.3. The maximum absolute atomic E-state index is 13.0. The van der Waals surface area contributed by atoms with Crippen LogP contribution in [0, 0.1) is 11.7 Å². The molecule has 0 spiro atoms. The predicted molar refractivity (Wildman–Crippen MR) is 94.2 cm³/mol. The first-order valence-electron chi connectivity index (χ1n) is 8.64. The van der Waals surface area contributed by atoms with Crippen molar-refractivity contribution in [2.75, 3.05) is 26.2 Å². The Hall–Kier alpha value is -2.00. The van der Waals surface area contributed by atoms with E-state index in [1.54, 1.807) is 0 Å². The standard InChI is InChI=1S/C17H24FN3O4S/c1-2-9-19-16(22)11-20-17(23)13-4-3-10-21(12-13)26(24,25)15-7-5-14(18)6-8-15/h5-8,13H,2-4,9-12H2,1H3,(H,19,22)(H,20,23). The normalized spacial score (nSPS) is 18.3. The highest BCUT2D eigenvalue weighted by atomic mass is 32.2. The van der Waals surface area contributed by atoms with Gasteiger partial charge in [0.2, 0.25) is 21.8 Å². The third kappa shape index (κ3) is 5.25. The lowest BCUT2D eigenvalue weighted by Gasteiger charge is -2.31. The van der Waals surface area contributed by atoms with Crippen LogP contribution in [0.3, 0.4) is 0 Å². The van der Waals surface area contributed by atoms with Crippen molar-refractivity contribution in [3.8, 4) is 0 Å². The number of piperidine rings is 1. The Balaban J connectivity index is 1.96. The monoisotopic (exact) mass is 385 g/mol. The molecule has 7 nitrogen and oxygen atoms in total. The Kier molecular flexibility index (Phi) is 7.10. The number of nitrogens with one attached hydrogen (secondary N) is 2. The van der Waals surface area contributed by atoms with E-state index < -0.39 is 21.8 Å². The number of rotatable bonds is 7. The average Bonchev–Trinajstić information content (AvgIpc) is 2.64. The van der Waals surface area contributed by atoms with Gasteiger partial charge in [-0.15, -0.1) is 0 Å². The second-order valence-electron chi connectivity index (χ2n) is 6.22. The van der Waals surface area contributed by atoms with Crippen LogP contribution in [-0.2, 0) is 19.6 Å². The minimum absolute atomic E-state index is 0.00102. The van der Waals surface area contributed by atoms with Crippen LogP contribution < -0.4 is 10.6 Å². The lowest BCUT2D eigenvalue weighted by molar-refractivity contribution is -0.129. The van der Waals surface area contributed by atoms with E-state index in [9.17, 15) is 22.4 Å². The summed E-state index contributed by atoms with van der Waals surface area (Å²) < 4.78 is 39.6. The third-order valence-electron chi connectivity index (χ3n) is 4.20. The molecular formula is C17H24FN3O4S. The van der Waals surface area contributed by atoms with Gasteiger partial charge in [0.05, 0.1) is 17.4 Å². The van der Waals surface area contributed by atoms with E-state index in [4.69, 9.17) is 0 Å². The van der Waals surface area contributed by atoms with Gasteiger partial charge in [0.15, 0.2) is 0 Å². The Bertz CT molecular complexity index is 737. The molecule has 1 heterocycles. The lowest BCUT2D eigenvalue weighted by Crippen LogP contribution is -2.47. The van der Waals surface area contributed by atoms with Crippen LogP contribution in [0.5, 0.6) is 0 Å². The SMILES string of the molecule is CCCNC(=O)CNC(=O)C1CCCN(S(=O)(=O)c2ccc(F)cc2)C1. The maximum Gasteiger partial charge on any atom is 0.243 e. The molecule has 1 aromatic rings. The largest absolute Gasteiger partial charge is 0.355 e. The highest BCUT2D eigenvalue weighted by molar-refractivity contribution is 7.89. The molecule has 0 aliphatic carbocycles. The Morgan fingerprint density at radius 2 is 1.92 bits per heavy atom. The topological polar surface area (TPSA) is 95.6 Å². The molecule has 2 rings (SSSR count). The number of hydrogen-bond acceptors (Lipinski definition) is 4. The molecule has 1 aliphatic rings. The number of hydrogen-bond donors (Lipinski definition) is 2. The summed E-state index contributed by atoms with van der Waals surface area (Å²) in [5, 5.41) is 5.22. The van der Waals surface area contributed by atoms with Gasteiger partial charge >= 0.3 is 0 Å². The fraction of sp³-hybridized carbons (Fsp3) is 0.529. The predicted octanol–water partition coefficient (Wildman–Crippen LogP) is 0.869. The number of nitrogens with zero attached hydrogens (tertiary/aromatic N) is 1. The minimum atomic E-state index is -3.78. The number of halogens is 1. The molecule has 26 heavy (non-hydrogen) atoms. The van der Waals surface area contributed by atoms with Crippen LogP contribution in [0.1, 0.15) is 26.2 Å². The zero-order chi connectivity index (χ0) is 19.2. The molecule has 2 N–H and O–H groups in total. The number of carbonyl (C=O) groups is 2. The molecule has 0 radical (unpaired) electrons.